The molecule has 3 aromatic rings. The third-order valence-corrected chi connectivity index (χ3v) is 8.00. The van der Waals surface area contributed by atoms with Crippen LogP contribution in [0, 0.1) is 0 Å². The minimum absolute atomic E-state index is 0.188. The summed E-state index contributed by atoms with van der Waals surface area (Å²) in [5.41, 5.74) is 2.91. The summed E-state index contributed by atoms with van der Waals surface area (Å²) in [6.45, 7) is 6.49. The number of carbonyl (C=O) groups is 1. The van der Waals surface area contributed by atoms with Crippen molar-refractivity contribution in [2.24, 2.45) is 0 Å². The first-order chi connectivity index (χ1) is 15.4. The smallest absolute Gasteiger partial charge is 0.321 e. The zero-order chi connectivity index (χ0) is 22.7. The van der Waals surface area contributed by atoms with Crippen LogP contribution in [-0.4, -0.2) is 54.4 Å². The maximum Gasteiger partial charge on any atom is 0.321 e. The van der Waals surface area contributed by atoms with Crippen molar-refractivity contribution in [3.8, 4) is 0 Å². The van der Waals surface area contributed by atoms with Gasteiger partial charge in [0.05, 0.1) is 4.90 Å². The standard InChI is InChI=1S/C24H30N4O3S/c1-3-19-8-5-6-9-22(19)25-24(29)27-13-7-14-28(17-16-27)32(30,31)21-10-11-23-20(18-21)12-15-26(23)4-2/h5-6,8-12,15,18H,3-4,7,13-14,16-17H2,1-2H3,(H,25,29). The first kappa shape index (κ1) is 22.4. The van der Waals surface area contributed by atoms with Gasteiger partial charge < -0.3 is 14.8 Å². The van der Waals surface area contributed by atoms with E-state index >= 15 is 0 Å². The molecule has 0 bridgehead atoms. The summed E-state index contributed by atoms with van der Waals surface area (Å²) in [6.07, 6.45) is 3.39. The van der Waals surface area contributed by atoms with Crippen LogP contribution in [0.1, 0.15) is 25.8 Å². The van der Waals surface area contributed by atoms with Crippen LogP contribution < -0.4 is 5.32 Å². The Labute approximate surface area is 189 Å². The van der Waals surface area contributed by atoms with Crippen molar-refractivity contribution in [3.63, 3.8) is 0 Å². The molecule has 0 spiro atoms. The maximum atomic E-state index is 13.3. The Morgan fingerprint density at radius 1 is 1.00 bits per heavy atom. The predicted molar refractivity (Wildman–Crippen MR) is 127 cm³/mol. The van der Waals surface area contributed by atoms with Gasteiger partial charge in [-0.15, -0.1) is 0 Å². The Kier molecular flexibility index (Phi) is 6.53. The van der Waals surface area contributed by atoms with Gasteiger partial charge in [-0.1, -0.05) is 25.1 Å². The van der Waals surface area contributed by atoms with Gasteiger partial charge in [0.1, 0.15) is 0 Å². The van der Waals surface area contributed by atoms with E-state index in [1.165, 1.54) is 4.31 Å². The zero-order valence-electron chi connectivity index (χ0n) is 18.6. The number of urea groups is 1. The quantitative estimate of drug-likeness (QED) is 0.629. The molecule has 1 aliphatic heterocycles. The van der Waals surface area contributed by atoms with Crippen LogP contribution in [0.15, 0.2) is 59.6 Å². The van der Waals surface area contributed by atoms with Crippen LogP contribution in [0.3, 0.4) is 0 Å². The number of amides is 2. The molecule has 2 heterocycles. The molecule has 8 heteroatoms. The Balaban J connectivity index is 1.47. The molecule has 0 saturated carbocycles. The number of hydrogen-bond donors (Lipinski definition) is 1. The van der Waals surface area contributed by atoms with Crippen molar-refractivity contribution in [2.45, 2.75) is 38.1 Å². The molecule has 1 aliphatic rings. The number of rotatable bonds is 5. The first-order valence-corrected chi connectivity index (χ1v) is 12.6. The van der Waals surface area contributed by atoms with Crippen molar-refractivity contribution >= 4 is 32.6 Å². The molecule has 4 rings (SSSR count). The fraction of sp³-hybridized carbons (Fsp3) is 0.375. The summed E-state index contributed by atoms with van der Waals surface area (Å²) in [6, 6.07) is 14.8. The van der Waals surface area contributed by atoms with E-state index in [1.54, 1.807) is 17.0 Å². The number of aromatic nitrogens is 1. The van der Waals surface area contributed by atoms with Crippen molar-refractivity contribution in [1.82, 2.24) is 13.8 Å². The lowest BCUT2D eigenvalue weighted by molar-refractivity contribution is 0.214. The number of nitrogens with one attached hydrogen (secondary N) is 1. The normalized spacial score (nSPS) is 15.6. The molecule has 1 fully saturated rings. The lowest BCUT2D eigenvalue weighted by Crippen LogP contribution is -2.39. The van der Waals surface area contributed by atoms with Gasteiger partial charge >= 0.3 is 6.03 Å². The number of benzene rings is 2. The van der Waals surface area contributed by atoms with Crippen molar-refractivity contribution in [1.29, 1.82) is 0 Å². The van der Waals surface area contributed by atoms with E-state index in [1.807, 2.05) is 49.5 Å². The van der Waals surface area contributed by atoms with Crippen LogP contribution in [0.4, 0.5) is 10.5 Å². The van der Waals surface area contributed by atoms with Crippen molar-refractivity contribution < 1.29 is 13.2 Å². The highest BCUT2D eigenvalue weighted by atomic mass is 32.2. The predicted octanol–water partition coefficient (Wildman–Crippen LogP) is 4.15. The fourth-order valence-corrected chi connectivity index (χ4v) is 5.75. The average molecular weight is 455 g/mol. The van der Waals surface area contributed by atoms with Crippen LogP contribution in [0.25, 0.3) is 10.9 Å². The topological polar surface area (TPSA) is 74.7 Å². The van der Waals surface area contributed by atoms with Crippen LogP contribution in [0.2, 0.25) is 0 Å². The number of para-hydroxylation sites is 1. The second-order valence-electron chi connectivity index (χ2n) is 8.01. The lowest BCUT2D eigenvalue weighted by Gasteiger charge is -2.23. The number of nitrogens with zero attached hydrogens (tertiary/aromatic N) is 3. The molecular formula is C24H30N4O3S. The molecule has 0 unspecified atom stereocenters. The summed E-state index contributed by atoms with van der Waals surface area (Å²) in [7, 11) is -3.63. The number of fused-ring (bicyclic) bond motifs is 1. The number of sulfonamides is 1. The molecule has 2 aromatic carbocycles. The van der Waals surface area contributed by atoms with E-state index in [4.69, 9.17) is 0 Å². The molecule has 1 saturated heterocycles. The van der Waals surface area contributed by atoms with Gasteiger partial charge in [0, 0.05) is 55.5 Å². The summed E-state index contributed by atoms with van der Waals surface area (Å²) < 4.78 is 30.2. The second kappa shape index (κ2) is 9.34. The van der Waals surface area contributed by atoms with E-state index in [2.05, 4.69) is 16.8 Å². The third-order valence-electron chi connectivity index (χ3n) is 6.10. The third kappa shape index (κ3) is 4.38. The molecular weight excluding hydrogens is 424 g/mol. The number of anilines is 1. The average Bonchev–Trinajstić information content (AvgIpc) is 3.04. The molecule has 7 nitrogen and oxygen atoms in total. The van der Waals surface area contributed by atoms with Gasteiger partial charge in [0.15, 0.2) is 0 Å². The van der Waals surface area contributed by atoms with E-state index < -0.39 is 10.0 Å². The van der Waals surface area contributed by atoms with Gasteiger partial charge in [-0.05, 0) is 55.7 Å². The summed E-state index contributed by atoms with van der Waals surface area (Å²) in [5.74, 6) is 0. The van der Waals surface area contributed by atoms with Crippen LogP contribution in [0.5, 0.6) is 0 Å². The second-order valence-corrected chi connectivity index (χ2v) is 9.95. The Bertz CT molecular complexity index is 1220. The molecule has 2 amide bonds. The highest BCUT2D eigenvalue weighted by molar-refractivity contribution is 7.89. The van der Waals surface area contributed by atoms with Gasteiger partial charge in [-0.2, -0.15) is 4.31 Å². The fourth-order valence-electron chi connectivity index (χ4n) is 4.25. The van der Waals surface area contributed by atoms with E-state index in [9.17, 15) is 13.2 Å². The Hall–Kier alpha value is -2.84. The summed E-state index contributed by atoms with van der Waals surface area (Å²) >= 11 is 0. The highest BCUT2D eigenvalue weighted by Crippen LogP contribution is 2.24. The van der Waals surface area contributed by atoms with E-state index in [0.29, 0.717) is 31.0 Å². The summed E-state index contributed by atoms with van der Waals surface area (Å²) in [5, 5.41) is 3.90. The Morgan fingerprint density at radius 2 is 1.81 bits per heavy atom. The Morgan fingerprint density at radius 3 is 2.59 bits per heavy atom. The molecule has 0 radical (unpaired) electrons. The van der Waals surface area contributed by atoms with Crippen molar-refractivity contribution in [3.05, 3.63) is 60.3 Å². The van der Waals surface area contributed by atoms with E-state index in [0.717, 1.165) is 35.1 Å². The van der Waals surface area contributed by atoms with Crippen LogP contribution >= 0.6 is 0 Å². The van der Waals surface area contributed by atoms with Gasteiger partial charge in [0.25, 0.3) is 0 Å². The highest BCUT2D eigenvalue weighted by Gasteiger charge is 2.28. The minimum atomic E-state index is -3.63. The first-order valence-electron chi connectivity index (χ1n) is 11.2. The molecule has 0 aliphatic carbocycles. The monoisotopic (exact) mass is 454 g/mol. The van der Waals surface area contributed by atoms with Gasteiger partial charge in [-0.25, -0.2) is 13.2 Å². The number of carbonyl (C=O) groups excluding carboxylic acids is 1. The lowest BCUT2D eigenvalue weighted by atomic mass is 10.1. The zero-order valence-corrected chi connectivity index (χ0v) is 19.4. The molecule has 32 heavy (non-hydrogen) atoms. The van der Waals surface area contributed by atoms with E-state index in [-0.39, 0.29) is 12.6 Å². The maximum absolute atomic E-state index is 13.3. The molecule has 1 aromatic heterocycles. The number of aryl methyl sites for hydroxylation is 2. The SMILES string of the molecule is CCc1ccccc1NC(=O)N1CCCN(S(=O)(=O)c2ccc3c(ccn3CC)c2)CC1. The van der Waals surface area contributed by atoms with Gasteiger partial charge in [-0.3, -0.25) is 0 Å². The van der Waals surface area contributed by atoms with Crippen molar-refractivity contribution in [2.75, 3.05) is 31.5 Å². The largest absolute Gasteiger partial charge is 0.348 e. The molecule has 1 N–H and O–H groups in total. The summed E-state index contributed by atoms with van der Waals surface area (Å²) in [4.78, 5) is 14.8. The van der Waals surface area contributed by atoms with Gasteiger partial charge in [0.2, 0.25) is 10.0 Å². The van der Waals surface area contributed by atoms with Crippen LogP contribution in [-0.2, 0) is 23.0 Å². The molecule has 0 atom stereocenters. The minimum Gasteiger partial charge on any atom is -0.348 e. The molecule has 170 valence electrons. The number of hydrogen-bond acceptors (Lipinski definition) is 3.